The summed E-state index contributed by atoms with van der Waals surface area (Å²) in [5.74, 6) is 0.149. The summed E-state index contributed by atoms with van der Waals surface area (Å²) in [5.41, 5.74) is 3.98. The van der Waals surface area contributed by atoms with Gasteiger partial charge in [-0.3, -0.25) is 0 Å². The van der Waals surface area contributed by atoms with Gasteiger partial charge < -0.3 is 5.11 Å². The summed E-state index contributed by atoms with van der Waals surface area (Å²) >= 11 is 12.9. The maximum atomic E-state index is 10.6. The van der Waals surface area contributed by atoms with E-state index in [1.165, 1.54) is 0 Å². The first-order chi connectivity index (χ1) is 9.12. The van der Waals surface area contributed by atoms with E-state index in [9.17, 15) is 5.11 Å². The van der Waals surface area contributed by atoms with E-state index >= 15 is 0 Å². The quantitative estimate of drug-likeness (QED) is 0.723. The summed E-state index contributed by atoms with van der Waals surface area (Å²) in [6.07, 6.45) is -0.593. The Morgan fingerprint density at radius 3 is 1.53 bits per heavy atom. The predicted molar refractivity (Wildman–Crippen MR) is 76.9 cm³/mol. The van der Waals surface area contributed by atoms with Crippen molar-refractivity contribution in [2.75, 3.05) is 0 Å². The largest absolute Gasteiger partial charge is 0.384 e. The Labute approximate surface area is 121 Å². The maximum absolute atomic E-state index is 10.6. The number of aliphatic hydroxyl groups is 1. The van der Waals surface area contributed by atoms with Crippen molar-refractivity contribution in [2.45, 2.75) is 22.3 Å². The number of aliphatic hydroxyl groups excluding tert-OH is 1. The third kappa shape index (κ3) is 1.47. The lowest BCUT2D eigenvalue weighted by atomic mass is 9.95. The smallest absolute Gasteiger partial charge is 0.133 e. The number of rotatable bonds is 0. The van der Waals surface area contributed by atoms with Crippen LogP contribution in [0.4, 0.5) is 0 Å². The minimum Gasteiger partial charge on any atom is -0.384 e. The molecule has 0 aliphatic heterocycles. The zero-order valence-corrected chi connectivity index (χ0v) is 11.6. The van der Waals surface area contributed by atoms with E-state index in [-0.39, 0.29) is 11.8 Å². The molecule has 0 heterocycles. The molecule has 0 spiro atoms. The van der Waals surface area contributed by atoms with Crippen LogP contribution in [0.25, 0.3) is 0 Å². The standard InChI is InChI=1S/C16H12Cl2O/c17-16(18)13-9-5-1-3-7-11(9)15(19)12-8-4-2-6-10(12)14(13)16/h1-8,13-15,19H/t13-,14-/m1/s1. The van der Waals surface area contributed by atoms with Crippen molar-refractivity contribution >= 4 is 23.2 Å². The second-order valence-electron chi connectivity index (χ2n) is 5.29. The van der Waals surface area contributed by atoms with Gasteiger partial charge in [0.05, 0.1) is 0 Å². The number of fused-ring (bicyclic) bond motifs is 5. The van der Waals surface area contributed by atoms with Gasteiger partial charge in [-0.05, 0) is 22.3 Å². The number of hydrogen-bond acceptors (Lipinski definition) is 1. The van der Waals surface area contributed by atoms with Gasteiger partial charge >= 0.3 is 0 Å². The van der Waals surface area contributed by atoms with Gasteiger partial charge in [0.25, 0.3) is 0 Å². The Hall–Kier alpha value is -1.02. The molecule has 0 unspecified atom stereocenters. The lowest BCUT2D eigenvalue weighted by Gasteiger charge is -2.17. The predicted octanol–water partition coefficient (Wildman–Crippen LogP) is 4.14. The number of hydrogen-bond donors (Lipinski definition) is 1. The number of benzene rings is 2. The number of halogens is 2. The normalized spacial score (nSPS) is 26.9. The van der Waals surface area contributed by atoms with Crippen LogP contribution in [0.2, 0.25) is 0 Å². The van der Waals surface area contributed by atoms with Crippen molar-refractivity contribution in [3.8, 4) is 0 Å². The Morgan fingerprint density at radius 1 is 0.737 bits per heavy atom. The van der Waals surface area contributed by atoms with E-state index in [0.717, 1.165) is 22.3 Å². The maximum Gasteiger partial charge on any atom is 0.133 e. The molecular weight excluding hydrogens is 279 g/mol. The fourth-order valence-electron chi connectivity index (χ4n) is 3.35. The van der Waals surface area contributed by atoms with Crippen molar-refractivity contribution in [3.05, 3.63) is 70.8 Å². The molecule has 0 aromatic heterocycles. The second kappa shape index (κ2) is 3.76. The molecule has 0 saturated heterocycles. The Morgan fingerprint density at radius 2 is 1.11 bits per heavy atom. The zero-order chi connectivity index (χ0) is 13.2. The second-order valence-corrected chi connectivity index (χ2v) is 6.73. The van der Waals surface area contributed by atoms with Gasteiger partial charge in [-0.15, -0.1) is 23.2 Å². The molecule has 3 heteroatoms. The molecule has 0 amide bonds. The van der Waals surface area contributed by atoms with Crippen LogP contribution < -0.4 is 0 Å². The Bertz CT molecular complexity index is 610. The lowest BCUT2D eigenvalue weighted by molar-refractivity contribution is 0.219. The van der Waals surface area contributed by atoms with Gasteiger partial charge in [0.2, 0.25) is 0 Å². The van der Waals surface area contributed by atoms with Crippen molar-refractivity contribution in [1.29, 1.82) is 0 Å². The molecule has 2 atom stereocenters. The third-order valence-corrected chi connectivity index (χ3v) is 5.25. The van der Waals surface area contributed by atoms with Crippen molar-refractivity contribution in [3.63, 3.8) is 0 Å². The monoisotopic (exact) mass is 290 g/mol. The lowest BCUT2D eigenvalue weighted by Crippen LogP contribution is -2.07. The Balaban J connectivity index is 2.02. The SMILES string of the molecule is OC1c2ccccc2[C@@H]2[C@@H](c3ccccc31)C2(Cl)Cl. The highest BCUT2D eigenvalue weighted by Gasteiger charge is 2.66. The van der Waals surface area contributed by atoms with Crippen molar-refractivity contribution in [1.82, 2.24) is 0 Å². The van der Waals surface area contributed by atoms with E-state index in [1.807, 2.05) is 48.5 Å². The molecule has 96 valence electrons. The topological polar surface area (TPSA) is 20.2 Å². The number of alkyl halides is 2. The molecular formula is C16H12Cl2O. The van der Waals surface area contributed by atoms with Crippen LogP contribution in [0.5, 0.6) is 0 Å². The Kier molecular flexibility index (Phi) is 2.33. The molecule has 1 nitrogen and oxygen atoms in total. The summed E-state index contributed by atoms with van der Waals surface area (Å²) in [7, 11) is 0. The van der Waals surface area contributed by atoms with E-state index in [1.54, 1.807) is 0 Å². The minimum atomic E-state index is -0.758. The van der Waals surface area contributed by atoms with Gasteiger partial charge in [-0.25, -0.2) is 0 Å². The van der Waals surface area contributed by atoms with Gasteiger partial charge in [-0.1, -0.05) is 48.5 Å². The van der Waals surface area contributed by atoms with E-state index in [4.69, 9.17) is 23.2 Å². The average molecular weight is 291 g/mol. The van der Waals surface area contributed by atoms with Crippen molar-refractivity contribution < 1.29 is 5.11 Å². The van der Waals surface area contributed by atoms with Crippen LogP contribution in [0, 0.1) is 0 Å². The summed E-state index contributed by atoms with van der Waals surface area (Å²) < 4.78 is -0.758. The molecule has 4 rings (SSSR count). The van der Waals surface area contributed by atoms with E-state index in [2.05, 4.69) is 0 Å². The van der Waals surface area contributed by atoms with Crippen LogP contribution in [0.1, 0.15) is 40.2 Å². The average Bonchev–Trinajstić information content (AvgIpc) is 3.02. The zero-order valence-electron chi connectivity index (χ0n) is 10.1. The molecule has 0 radical (unpaired) electrons. The molecule has 1 fully saturated rings. The fourth-order valence-corrected chi connectivity index (χ4v) is 4.20. The summed E-state index contributed by atoms with van der Waals surface area (Å²) in [4.78, 5) is 0. The van der Waals surface area contributed by atoms with Crippen molar-refractivity contribution in [2.24, 2.45) is 0 Å². The van der Waals surface area contributed by atoms with Gasteiger partial charge in [-0.2, -0.15) is 0 Å². The molecule has 2 aliphatic carbocycles. The van der Waals surface area contributed by atoms with Crippen LogP contribution >= 0.6 is 23.2 Å². The summed E-state index contributed by atoms with van der Waals surface area (Å²) in [6, 6.07) is 15.8. The first-order valence-corrected chi connectivity index (χ1v) is 7.11. The van der Waals surface area contributed by atoms with Gasteiger partial charge in [0, 0.05) is 11.8 Å². The minimum absolute atomic E-state index is 0.0744. The molecule has 0 bridgehead atoms. The first kappa shape index (κ1) is 11.8. The first-order valence-electron chi connectivity index (χ1n) is 6.36. The van der Waals surface area contributed by atoms with Crippen LogP contribution in [-0.4, -0.2) is 9.44 Å². The van der Waals surface area contributed by atoms with E-state index in [0.29, 0.717) is 0 Å². The van der Waals surface area contributed by atoms with Crippen LogP contribution in [0.15, 0.2) is 48.5 Å². The highest BCUT2D eigenvalue weighted by molar-refractivity contribution is 6.52. The molecule has 1 N–H and O–H groups in total. The summed E-state index contributed by atoms with van der Waals surface area (Å²) in [6.45, 7) is 0. The van der Waals surface area contributed by atoms with Gasteiger partial charge in [0.15, 0.2) is 0 Å². The fraction of sp³-hybridized carbons (Fsp3) is 0.250. The highest BCUT2D eigenvalue weighted by Crippen LogP contribution is 2.72. The van der Waals surface area contributed by atoms with Crippen LogP contribution in [-0.2, 0) is 0 Å². The summed E-state index contributed by atoms with van der Waals surface area (Å²) in [5, 5.41) is 10.6. The van der Waals surface area contributed by atoms with E-state index < -0.39 is 10.4 Å². The molecule has 1 saturated carbocycles. The van der Waals surface area contributed by atoms with Crippen LogP contribution in [0.3, 0.4) is 0 Å². The molecule has 2 aromatic carbocycles. The highest BCUT2D eigenvalue weighted by atomic mass is 35.5. The molecule has 2 aromatic rings. The van der Waals surface area contributed by atoms with Gasteiger partial charge in [0.1, 0.15) is 10.4 Å². The molecule has 19 heavy (non-hydrogen) atoms. The third-order valence-electron chi connectivity index (χ3n) is 4.30. The molecule has 2 aliphatic rings.